The number of nitrogens with zero attached hydrogens (tertiary/aromatic N) is 4. The molecule has 1 aliphatic carbocycles. The summed E-state index contributed by atoms with van der Waals surface area (Å²) in [7, 11) is 2.03. The first-order chi connectivity index (χ1) is 20.7. The molecule has 0 spiro atoms. The molecule has 1 aromatic heterocycles. The largest absolute Gasteiger partial charge is 0.344 e. The van der Waals surface area contributed by atoms with Crippen molar-refractivity contribution in [1.29, 1.82) is 0 Å². The molecule has 0 radical (unpaired) electrons. The van der Waals surface area contributed by atoms with Gasteiger partial charge in [-0.1, -0.05) is 44.7 Å². The summed E-state index contributed by atoms with van der Waals surface area (Å²) in [5.41, 5.74) is 1.92. The number of carbonyl (C=O) groups is 4. The molecule has 1 aliphatic heterocycles. The number of aryl methyl sites for hydroxylation is 1. The summed E-state index contributed by atoms with van der Waals surface area (Å²) < 4.78 is 1.62. The van der Waals surface area contributed by atoms with E-state index in [1.54, 1.807) is 16.9 Å². The molecule has 1 saturated carbocycles. The van der Waals surface area contributed by atoms with Gasteiger partial charge in [0.1, 0.15) is 17.8 Å². The maximum Gasteiger partial charge on any atom is 0.270 e. The molecule has 1 aromatic carbocycles. The van der Waals surface area contributed by atoms with Crippen LogP contribution in [0.3, 0.4) is 0 Å². The Kier molecular flexibility index (Phi) is 11.3. The predicted octanol–water partition coefficient (Wildman–Crippen LogP) is 2.99. The van der Waals surface area contributed by atoms with Gasteiger partial charge in [-0.05, 0) is 56.5 Å². The van der Waals surface area contributed by atoms with Crippen LogP contribution < -0.4 is 16.0 Å². The summed E-state index contributed by atoms with van der Waals surface area (Å²) in [6.45, 7) is 8.69. The molecule has 234 valence electrons. The first kappa shape index (κ1) is 32.2. The van der Waals surface area contributed by atoms with Gasteiger partial charge in [0.2, 0.25) is 17.7 Å². The summed E-state index contributed by atoms with van der Waals surface area (Å²) in [5.74, 6) is -1.12. The second-order valence-electron chi connectivity index (χ2n) is 11.9. The predicted molar refractivity (Wildman–Crippen MR) is 166 cm³/mol. The summed E-state index contributed by atoms with van der Waals surface area (Å²) in [5, 5.41) is 13.1. The molecule has 11 nitrogen and oxygen atoms in total. The molecule has 3 N–H and O–H groups in total. The minimum Gasteiger partial charge on any atom is -0.344 e. The quantitative estimate of drug-likeness (QED) is 0.364. The van der Waals surface area contributed by atoms with Crippen LogP contribution in [0.4, 0.5) is 5.69 Å². The van der Waals surface area contributed by atoms with Crippen LogP contribution in [0.5, 0.6) is 0 Å². The standard InChI is InChI=1S/C32H47N7O4/c1-5-39-27(16-17-33-39)30(41)36-29(25-10-8-6-7-9-11-25)31(42)35-26-14-12-24(13-15-26)22(2)28(34-23(3)40)32(43)38-20-18-37(4)19-21-38/h12-17,22,25,28-29H,5-11,18-21H2,1-4H3,(H,34,40)(H,35,42)(H,36,41)/t22-,28+,29-/m0/s1. The van der Waals surface area contributed by atoms with Crippen LogP contribution in [0, 0.1) is 5.92 Å². The molecule has 1 saturated heterocycles. The summed E-state index contributed by atoms with van der Waals surface area (Å²) in [6.07, 6.45) is 7.70. The van der Waals surface area contributed by atoms with Crippen molar-refractivity contribution >= 4 is 29.3 Å². The molecule has 2 fully saturated rings. The first-order valence-electron chi connectivity index (χ1n) is 15.7. The number of carbonyl (C=O) groups excluding carboxylic acids is 4. The van der Waals surface area contributed by atoms with Gasteiger partial charge in [0.05, 0.1) is 0 Å². The highest BCUT2D eigenvalue weighted by Gasteiger charge is 2.33. The molecule has 0 bridgehead atoms. The van der Waals surface area contributed by atoms with Crippen molar-refractivity contribution in [2.24, 2.45) is 5.92 Å². The summed E-state index contributed by atoms with van der Waals surface area (Å²) >= 11 is 0. The third kappa shape index (κ3) is 8.43. The molecule has 2 heterocycles. The number of amides is 4. The lowest BCUT2D eigenvalue weighted by Crippen LogP contribution is -2.55. The fraction of sp³-hybridized carbons (Fsp3) is 0.594. The van der Waals surface area contributed by atoms with Crippen molar-refractivity contribution in [3.8, 4) is 0 Å². The van der Waals surface area contributed by atoms with Crippen LogP contribution in [-0.2, 0) is 20.9 Å². The van der Waals surface area contributed by atoms with E-state index in [1.165, 1.54) is 6.92 Å². The van der Waals surface area contributed by atoms with E-state index in [0.29, 0.717) is 31.0 Å². The zero-order valence-electron chi connectivity index (χ0n) is 26.0. The fourth-order valence-corrected chi connectivity index (χ4v) is 6.16. The molecule has 3 atom stereocenters. The molecule has 4 amide bonds. The van der Waals surface area contributed by atoms with Gasteiger partial charge in [-0.3, -0.25) is 23.9 Å². The van der Waals surface area contributed by atoms with E-state index in [2.05, 4.69) is 25.9 Å². The van der Waals surface area contributed by atoms with Gasteiger partial charge in [0.15, 0.2) is 0 Å². The number of nitrogens with one attached hydrogen (secondary N) is 3. The van der Waals surface area contributed by atoms with E-state index >= 15 is 0 Å². The number of hydrogen-bond acceptors (Lipinski definition) is 6. The van der Waals surface area contributed by atoms with Crippen molar-refractivity contribution in [3.05, 3.63) is 47.8 Å². The van der Waals surface area contributed by atoms with Crippen LogP contribution in [0.2, 0.25) is 0 Å². The molecule has 2 aliphatic rings. The number of benzene rings is 1. The Morgan fingerprint density at radius 3 is 2.19 bits per heavy atom. The summed E-state index contributed by atoms with van der Waals surface area (Å²) in [6, 6.07) is 7.70. The van der Waals surface area contributed by atoms with Gasteiger partial charge in [0, 0.05) is 57.4 Å². The Hall–Kier alpha value is -3.73. The van der Waals surface area contributed by atoms with Gasteiger partial charge in [-0.25, -0.2) is 0 Å². The lowest BCUT2D eigenvalue weighted by atomic mass is 9.90. The van der Waals surface area contributed by atoms with Gasteiger partial charge in [0.25, 0.3) is 5.91 Å². The van der Waals surface area contributed by atoms with E-state index < -0.39 is 12.1 Å². The maximum absolute atomic E-state index is 13.7. The Morgan fingerprint density at radius 2 is 1.58 bits per heavy atom. The van der Waals surface area contributed by atoms with Crippen LogP contribution in [0.15, 0.2) is 36.5 Å². The molecule has 4 rings (SSSR count). The molecular formula is C32H47N7O4. The van der Waals surface area contributed by atoms with Crippen molar-refractivity contribution < 1.29 is 19.2 Å². The fourth-order valence-electron chi connectivity index (χ4n) is 6.16. The van der Waals surface area contributed by atoms with Crippen molar-refractivity contribution in [2.45, 2.75) is 83.8 Å². The van der Waals surface area contributed by atoms with E-state index in [9.17, 15) is 19.2 Å². The minimum absolute atomic E-state index is 0.0442. The zero-order valence-corrected chi connectivity index (χ0v) is 26.0. The second-order valence-corrected chi connectivity index (χ2v) is 11.9. The van der Waals surface area contributed by atoms with Crippen molar-refractivity contribution in [2.75, 3.05) is 38.5 Å². The smallest absolute Gasteiger partial charge is 0.270 e. The van der Waals surface area contributed by atoms with Gasteiger partial charge >= 0.3 is 0 Å². The molecule has 2 aromatic rings. The van der Waals surface area contributed by atoms with Gasteiger partial charge in [-0.15, -0.1) is 0 Å². The number of anilines is 1. The van der Waals surface area contributed by atoms with E-state index in [-0.39, 0.29) is 35.5 Å². The van der Waals surface area contributed by atoms with Crippen LogP contribution >= 0.6 is 0 Å². The van der Waals surface area contributed by atoms with E-state index in [0.717, 1.165) is 57.2 Å². The Morgan fingerprint density at radius 1 is 0.930 bits per heavy atom. The van der Waals surface area contributed by atoms with Crippen LogP contribution in [0.1, 0.15) is 81.3 Å². The number of aromatic nitrogens is 2. The number of likely N-dealkylation sites (N-methyl/N-ethyl adjacent to an activating group) is 1. The average Bonchev–Trinajstić information content (AvgIpc) is 3.33. The van der Waals surface area contributed by atoms with Gasteiger partial charge in [-0.2, -0.15) is 5.10 Å². The topological polar surface area (TPSA) is 129 Å². The van der Waals surface area contributed by atoms with Crippen molar-refractivity contribution in [1.82, 2.24) is 30.2 Å². The normalized spacial score (nSPS) is 18.7. The lowest BCUT2D eigenvalue weighted by molar-refractivity contribution is -0.138. The Bertz CT molecular complexity index is 1240. The highest BCUT2D eigenvalue weighted by atomic mass is 16.2. The zero-order chi connectivity index (χ0) is 30.9. The van der Waals surface area contributed by atoms with Crippen molar-refractivity contribution in [3.63, 3.8) is 0 Å². The average molecular weight is 594 g/mol. The highest BCUT2D eigenvalue weighted by Crippen LogP contribution is 2.28. The molecule has 43 heavy (non-hydrogen) atoms. The number of hydrogen-bond donors (Lipinski definition) is 3. The molecular weight excluding hydrogens is 546 g/mol. The van der Waals surface area contributed by atoms with Crippen LogP contribution in [-0.4, -0.2) is 88.5 Å². The second kappa shape index (κ2) is 15.1. The van der Waals surface area contributed by atoms with E-state index in [4.69, 9.17) is 0 Å². The monoisotopic (exact) mass is 593 g/mol. The lowest BCUT2D eigenvalue weighted by Gasteiger charge is -2.36. The molecule has 0 unspecified atom stereocenters. The first-order valence-corrected chi connectivity index (χ1v) is 15.7. The summed E-state index contributed by atoms with van der Waals surface area (Å²) in [4.78, 5) is 56.3. The minimum atomic E-state index is -0.687. The molecule has 11 heteroatoms. The van der Waals surface area contributed by atoms with Gasteiger partial charge < -0.3 is 25.8 Å². The van der Waals surface area contributed by atoms with E-state index in [1.807, 2.05) is 50.1 Å². The maximum atomic E-state index is 13.7. The third-order valence-corrected chi connectivity index (χ3v) is 8.83. The van der Waals surface area contributed by atoms with Crippen LogP contribution in [0.25, 0.3) is 0 Å². The Balaban J connectivity index is 1.47. The number of piperazine rings is 1. The SMILES string of the molecule is CCn1nccc1C(=O)N[C@H](C(=O)Nc1ccc([C@H](C)[C@@H](NC(C)=O)C(=O)N2CCN(C)CC2)cc1)C1CCCCCC1. The Labute approximate surface area is 254 Å². The highest BCUT2D eigenvalue weighted by molar-refractivity contribution is 6.00. The third-order valence-electron chi connectivity index (χ3n) is 8.83. The number of rotatable bonds is 10.